The zero-order valence-electron chi connectivity index (χ0n) is 17.5. The summed E-state index contributed by atoms with van der Waals surface area (Å²) in [7, 11) is -0.0604. The van der Waals surface area contributed by atoms with Crippen molar-refractivity contribution in [3.8, 4) is 22.8 Å². The molecule has 11 heteroatoms. The Labute approximate surface area is 186 Å². The Morgan fingerprint density at radius 1 is 1.13 bits per heavy atom. The smallest absolute Gasteiger partial charge is 0.236 e. The van der Waals surface area contributed by atoms with E-state index in [0.717, 1.165) is 24.2 Å². The predicted octanol–water partition coefficient (Wildman–Crippen LogP) is 2.58. The predicted molar refractivity (Wildman–Crippen MR) is 120 cm³/mol. The molecule has 3 heterocycles. The van der Waals surface area contributed by atoms with Gasteiger partial charge in [0.15, 0.2) is 0 Å². The van der Waals surface area contributed by atoms with Crippen molar-refractivity contribution in [1.29, 1.82) is 0 Å². The van der Waals surface area contributed by atoms with Gasteiger partial charge in [-0.05, 0) is 25.0 Å². The molecule has 166 valence electrons. The fraction of sp³-hybridized carbons (Fsp3) is 0.400. The second-order valence-corrected chi connectivity index (χ2v) is 9.64. The third-order valence-electron chi connectivity index (χ3n) is 5.26. The lowest BCUT2D eigenvalue weighted by molar-refractivity contribution is 0.395. The molecule has 4 rings (SSSR count). The van der Waals surface area contributed by atoms with Crippen molar-refractivity contribution in [3.05, 3.63) is 35.6 Å². The Bertz CT molecular complexity index is 1210. The Morgan fingerprint density at radius 2 is 1.84 bits per heavy atom. The molecule has 2 aromatic heterocycles. The first kappa shape index (κ1) is 21.7. The second kappa shape index (κ2) is 8.52. The topological polar surface area (TPSA) is 98.1 Å². The van der Waals surface area contributed by atoms with Gasteiger partial charge in [-0.15, -0.1) is 0 Å². The Morgan fingerprint density at radius 3 is 2.48 bits per heavy atom. The Kier molecular flexibility index (Phi) is 5.96. The third kappa shape index (κ3) is 4.70. The van der Waals surface area contributed by atoms with Crippen molar-refractivity contribution in [2.75, 3.05) is 38.5 Å². The molecule has 3 aromatic rings. The van der Waals surface area contributed by atoms with E-state index in [4.69, 9.17) is 26.1 Å². The van der Waals surface area contributed by atoms with Crippen LogP contribution in [0.15, 0.2) is 30.6 Å². The van der Waals surface area contributed by atoms with E-state index < -0.39 is 10.0 Å². The van der Waals surface area contributed by atoms with Crippen LogP contribution in [0.3, 0.4) is 0 Å². The molecule has 31 heavy (non-hydrogen) atoms. The number of hydrogen-bond donors (Lipinski definition) is 1. The zero-order valence-corrected chi connectivity index (χ0v) is 19.1. The van der Waals surface area contributed by atoms with Gasteiger partial charge in [0.05, 0.1) is 31.2 Å². The minimum absolute atomic E-state index is 0.0414. The van der Waals surface area contributed by atoms with Gasteiger partial charge in [0.25, 0.3) is 0 Å². The summed E-state index contributed by atoms with van der Waals surface area (Å²) in [5.74, 6) is 2.49. The summed E-state index contributed by atoms with van der Waals surface area (Å²) in [6.07, 6.45) is 6.42. The van der Waals surface area contributed by atoms with Gasteiger partial charge in [-0.1, -0.05) is 11.6 Å². The van der Waals surface area contributed by atoms with Crippen LogP contribution in [0.1, 0.15) is 12.8 Å². The number of piperidine rings is 1. The quantitative estimate of drug-likeness (QED) is 0.597. The SMILES string of the molecule is COc1cc(OC)c(-c2cn3ccc(N4CCC(NS(C)(=O)=O)CC4)nc3n2)cc1Cl. The number of nitrogens with zero attached hydrogens (tertiary/aromatic N) is 4. The molecular weight excluding hydrogens is 442 g/mol. The summed E-state index contributed by atoms with van der Waals surface area (Å²) in [6, 6.07) is 5.39. The largest absolute Gasteiger partial charge is 0.496 e. The standard InChI is InChI=1S/C20H24ClN5O4S/c1-29-17-11-18(30-2)15(21)10-14(17)16-12-26-9-6-19(23-20(26)22-16)25-7-4-13(5-8-25)24-31(3,27)28/h6,9-13,24H,4-5,7-8H2,1-3H3. The van der Waals surface area contributed by atoms with Crippen molar-refractivity contribution in [3.63, 3.8) is 0 Å². The van der Waals surface area contributed by atoms with Gasteiger partial charge < -0.3 is 14.4 Å². The molecule has 0 bridgehead atoms. The van der Waals surface area contributed by atoms with Gasteiger partial charge in [0.2, 0.25) is 15.8 Å². The number of fused-ring (bicyclic) bond motifs is 1. The minimum atomic E-state index is -3.20. The molecule has 9 nitrogen and oxygen atoms in total. The van der Waals surface area contributed by atoms with E-state index in [0.29, 0.717) is 41.1 Å². The lowest BCUT2D eigenvalue weighted by Gasteiger charge is -2.32. The van der Waals surface area contributed by atoms with Crippen LogP contribution in [0.5, 0.6) is 11.5 Å². The van der Waals surface area contributed by atoms with Crippen LogP contribution in [-0.2, 0) is 10.0 Å². The van der Waals surface area contributed by atoms with Gasteiger partial charge in [0.1, 0.15) is 17.3 Å². The molecule has 1 N–H and O–H groups in total. The molecule has 1 aliphatic heterocycles. The summed E-state index contributed by atoms with van der Waals surface area (Å²) >= 11 is 6.31. The van der Waals surface area contributed by atoms with Crippen molar-refractivity contribution < 1.29 is 17.9 Å². The van der Waals surface area contributed by atoms with E-state index in [1.54, 1.807) is 26.4 Å². The molecule has 0 spiro atoms. The molecule has 1 aromatic carbocycles. The molecular formula is C20H24ClN5O4S. The van der Waals surface area contributed by atoms with E-state index >= 15 is 0 Å². The Balaban J connectivity index is 1.58. The van der Waals surface area contributed by atoms with Crippen molar-refractivity contribution >= 4 is 33.2 Å². The van der Waals surface area contributed by atoms with Crippen LogP contribution in [0.4, 0.5) is 5.82 Å². The average molecular weight is 466 g/mol. The van der Waals surface area contributed by atoms with Crippen LogP contribution >= 0.6 is 11.6 Å². The van der Waals surface area contributed by atoms with Crippen molar-refractivity contribution in [2.45, 2.75) is 18.9 Å². The second-order valence-electron chi connectivity index (χ2n) is 7.46. The van der Waals surface area contributed by atoms with E-state index in [1.165, 1.54) is 6.26 Å². The number of ether oxygens (including phenoxy) is 2. The molecule has 0 saturated carbocycles. The summed E-state index contributed by atoms with van der Waals surface area (Å²) < 4.78 is 38.2. The van der Waals surface area contributed by atoms with E-state index in [2.05, 4.69) is 14.6 Å². The van der Waals surface area contributed by atoms with Gasteiger partial charge in [-0.25, -0.2) is 18.1 Å². The Hall–Kier alpha value is -2.56. The maximum absolute atomic E-state index is 11.4. The maximum Gasteiger partial charge on any atom is 0.236 e. The zero-order chi connectivity index (χ0) is 22.2. The van der Waals surface area contributed by atoms with Crippen molar-refractivity contribution in [2.24, 2.45) is 0 Å². The minimum Gasteiger partial charge on any atom is -0.496 e. The number of nitrogens with one attached hydrogen (secondary N) is 1. The van der Waals surface area contributed by atoms with Gasteiger partial charge >= 0.3 is 0 Å². The van der Waals surface area contributed by atoms with Gasteiger partial charge in [0, 0.05) is 43.2 Å². The fourth-order valence-corrected chi connectivity index (χ4v) is 4.84. The van der Waals surface area contributed by atoms with Crippen LogP contribution in [0.2, 0.25) is 5.02 Å². The van der Waals surface area contributed by atoms with Gasteiger partial charge in [-0.2, -0.15) is 4.98 Å². The molecule has 0 atom stereocenters. The lowest BCUT2D eigenvalue weighted by atomic mass is 10.1. The number of imidazole rings is 1. The lowest BCUT2D eigenvalue weighted by Crippen LogP contribution is -2.44. The first-order chi connectivity index (χ1) is 14.8. The van der Waals surface area contributed by atoms with Crippen molar-refractivity contribution in [1.82, 2.24) is 19.1 Å². The van der Waals surface area contributed by atoms with Crippen LogP contribution < -0.4 is 19.1 Å². The number of hydrogen-bond acceptors (Lipinski definition) is 7. The average Bonchev–Trinajstić information content (AvgIpc) is 3.16. The summed E-state index contributed by atoms with van der Waals surface area (Å²) in [4.78, 5) is 11.5. The molecule has 1 aliphatic rings. The fourth-order valence-electron chi connectivity index (χ4n) is 3.76. The van der Waals surface area contributed by atoms with Gasteiger partial charge in [-0.3, -0.25) is 4.40 Å². The number of methoxy groups -OCH3 is 2. The molecule has 0 amide bonds. The normalized spacial score (nSPS) is 15.4. The van der Waals surface area contributed by atoms with E-state index in [9.17, 15) is 8.42 Å². The first-order valence-corrected chi connectivity index (χ1v) is 12.0. The summed E-state index contributed by atoms with van der Waals surface area (Å²) in [5, 5.41) is 0.467. The van der Waals surface area contributed by atoms with Crippen LogP contribution in [0.25, 0.3) is 17.0 Å². The monoisotopic (exact) mass is 465 g/mol. The van der Waals surface area contributed by atoms with E-state index in [-0.39, 0.29) is 6.04 Å². The van der Waals surface area contributed by atoms with Crippen LogP contribution in [-0.4, -0.2) is 62.4 Å². The summed E-state index contributed by atoms with van der Waals surface area (Å²) in [5.41, 5.74) is 1.43. The highest BCUT2D eigenvalue weighted by Crippen LogP contribution is 2.38. The third-order valence-corrected chi connectivity index (χ3v) is 6.32. The highest BCUT2D eigenvalue weighted by molar-refractivity contribution is 7.88. The molecule has 0 aliphatic carbocycles. The number of benzene rings is 1. The number of aromatic nitrogens is 3. The number of sulfonamides is 1. The highest BCUT2D eigenvalue weighted by atomic mass is 35.5. The number of anilines is 1. The highest BCUT2D eigenvalue weighted by Gasteiger charge is 2.23. The maximum atomic E-state index is 11.4. The number of halogens is 1. The first-order valence-electron chi connectivity index (χ1n) is 9.77. The summed E-state index contributed by atoms with van der Waals surface area (Å²) in [6.45, 7) is 1.43. The molecule has 0 radical (unpaired) electrons. The van der Waals surface area contributed by atoms with E-state index in [1.807, 2.05) is 22.9 Å². The molecule has 0 unspecified atom stereocenters. The van der Waals surface area contributed by atoms with Crippen LogP contribution in [0, 0.1) is 0 Å². The number of rotatable bonds is 6. The molecule has 1 fully saturated rings. The molecule has 1 saturated heterocycles.